The fourth-order valence-corrected chi connectivity index (χ4v) is 2.13. The number of likely N-dealkylation sites (tertiary alicyclic amines) is 1. The van der Waals surface area contributed by atoms with Crippen molar-refractivity contribution in [1.29, 1.82) is 0 Å². The second-order valence-electron chi connectivity index (χ2n) is 6.16. The first-order chi connectivity index (χ1) is 9.89. The maximum absolute atomic E-state index is 11.9. The summed E-state index contributed by atoms with van der Waals surface area (Å²) in [5.74, 6) is 0.843. The third kappa shape index (κ3) is 4.28. The molecule has 0 spiro atoms. The molecule has 1 amide bonds. The molecule has 0 saturated carbocycles. The van der Waals surface area contributed by atoms with E-state index in [2.05, 4.69) is 5.32 Å². The Morgan fingerprint density at radius 3 is 2.62 bits per heavy atom. The quantitative estimate of drug-likeness (QED) is 0.926. The lowest BCUT2D eigenvalue weighted by atomic mass is 10.1. The van der Waals surface area contributed by atoms with Crippen LogP contribution in [0.25, 0.3) is 0 Å². The number of carbonyl (C=O) groups excluding carboxylic acids is 1. The van der Waals surface area contributed by atoms with Crippen molar-refractivity contribution in [1.82, 2.24) is 4.90 Å². The first kappa shape index (κ1) is 15.5. The minimum absolute atomic E-state index is 0.235. The van der Waals surface area contributed by atoms with Crippen molar-refractivity contribution in [2.45, 2.75) is 39.3 Å². The van der Waals surface area contributed by atoms with Gasteiger partial charge < -0.3 is 19.7 Å². The number of nitrogens with zero attached hydrogens (tertiary/aromatic N) is 1. The van der Waals surface area contributed by atoms with Crippen LogP contribution in [0.5, 0.6) is 5.75 Å². The zero-order chi connectivity index (χ0) is 15.5. The smallest absolute Gasteiger partial charge is 0.410 e. The molecule has 0 aliphatic carbocycles. The Morgan fingerprint density at radius 2 is 2.00 bits per heavy atom. The van der Waals surface area contributed by atoms with Crippen LogP contribution >= 0.6 is 0 Å². The fraction of sp³-hybridized carbons (Fsp3) is 0.562. The number of para-hydroxylation sites is 2. The van der Waals surface area contributed by atoms with Gasteiger partial charge in [0.2, 0.25) is 0 Å². The maximum Gasteiger partial charge on any atom is 0.410 e. The number of hydrogen-bond acceptors (Lipinski definition) is 4. The lowest BCUT2D eigenvalue weighted by Crippen LogP contribution is -2.57. The fourth-order valence-electron chi connectivity index (χ4n) is 2.13. The molecule has 0 bridgehead atoms. The number of amides is 1. The van der Waals surface area contributed by atoms with E-state index in [-0.39, 0.29) is 12.1 Å². The molecule has 1 fully saturated rings. The van der Waals surface area contributed by atoms with Gasteiger partial charge in [0.25, 0.3) is 0 Å². The molecule has 1 heterocycles. The number of carbonyl (C=O) groups is 1. The van der Waals surface area contributed by atoms with E-state index in [1.165, 1.54) is 0 Å². The molecule has 0 unspecified atom stereocenters. The second-order valence-corrected chi connectivity index (χ2v) is 6.16. The van der Waals surface area contributed by atoms with Gasteiger partial charge in [0.1, 0.15) is 11.4 Å². The molecule has 0 aromatic heterocycles. The Labute approximate surface area is 126 Å². The van der Waals surface area contributed by atoms with E-state index in [1.807, 2.05) is 52.0 Å². The highest BCUT2D eigenvalue weighted by molar-refractivity contribution is 5.70. The molecule has 1 aromatic rings. The van der Waals surface area contributed by atoms with Gasteiger partial charge in [-0.1, -0.05) is 12.1 Å². The van der Waals surface area contributed by atoms with Crippen molar-refractivity contribution in [3.05, 3.63) is 24.3 Å². The largest absolute Gasteiger partial charge is 0.492 e. The predicted octanol–water partition coefficient (Wildman–Crippen LogP) is 3.12. The summed E-state index contributed by atoms with van der Waals surface area (Å²) in [6.45, 7) is 9.51. The Balaban J connectivity index is 1.84. The Hall–Kier alpha value is -1.91. The molecule has 1 aliphatic rings. The van der Waals surface area contributed by atoms with Gasteiger partial charge in [-0.25, -0.2) is 4.79 Å². The van der Waals surface area contributed by atoms with E-state index in [0.29, 0.717) is 19.7 Å². The summed E-state index contributed by atoms with van der Waals surface area (Å²) < 4.78 is 10.9. The lowest BCUT2D eigenvalue weighted by Gasteiger charge is -2.40. The third-order valence-electron chi connectivity index (χ3n) is 3.08. The van der Waals surface area contributed by atoms with Gasteiger partial charge >= 0.3 is 6.09 Å². The number of rotatable bonds is 4. The zero-order valence-corrected chi connectivity index (χ0v) is 13.2. The van der Waals surface area contributed by atoms with Crippen LogP contribution in [0.1, 0.15) is 27.7 Å². The van der Waals surface area contributed by atoms with Crippen LogP contribution in [-0.4, -0.2) is 42.3 Å². The van der Waals surface area contributed by atoms with Gasteiger partial charge in [-0.05, 0) is 39.8 Å². The molecule has 5 nitrogen and oxygen atoms in total. The highest BCUT2D eigenvalue weighted by Gasteiger charge is 2.33. The average molecular weight is 292 g/mol. The molecule has 5 heteroatoms. The van der Waals surface area contributed by atoms with Crippen LogP contribution in [0.2, 0.25) is 0 Å². The molecule has 1 aromatic carbocycles. The van der Waals surface area contributed by atoms with Crippen molar-refractivity contribution in [2.24, 2.45) is 0 Å². The molecule has 116 valence electrons. The second kappa shape index (κ2) is 6.24. The van der Waals surface area contributed by atoms with Crippen LogP contribution in [0, 0.1) is 0 Å². The van der Waals surface area contributed by atoms with Crippen LogP contribution in [0.3, 0.4) is 0 Å². The summed E-state index contributed by atoms with van der Waals surface area (Å²) >= 11 is 0. The van der Waals surface area contributed by atoms with Gasteiger partial charge in [-0.3, -0.25) is 0 Å². The highest BCUT2D eigenvalue weighted by atomic mass is 16.6. The molecule has 1 aliphatic heterocycles. The van der Waals surface area contributed by atoms with Gasteiger partial charge in [0.05, 0.1) is 18.3 Å². The minimum Gasteiger partial charge on any atom is -0.492 e. The molecule has 21 heavy (non-hydrogen) atoms. The predicted molar refractivity (Wildman–Crippen MR) is 82.8 cm³/mol. The standard InChI is InChI=1S/C16H24N2O3/c1-5-20-14-9-7-6-8-13(14)17-12-10-18(11-12)15(19)21-16(2,3)4/h6-9,12,17H,5,10-11H2,1-4H3. The zero-order valence-electron chi connectivity index (χ0n) is 13.2. The summed E-state index contributed by atoms with van der Waals surface area (Å²) in [5.41, 5.74) is 0.519. The van der Waals surface area contributed by atoms with E-state index in [0.717, 1.165) is 11.4 Å². The van der Waals surface area contributed by atoms with Crippen molar-refractivity contribution < 1.29 is 14.3 Å². The lowest BCUT2D eigenvalue weighted by molar-refractivity contribution is 0.0105. The van der Waals surface area contributed by atoms with E-state index >= 15 is 0 Å². The van der Waals surface area contributed by atoms with Gasteiger partial charge in [-0.2, -0.15) is 0 Å². The third-order valence-corrected chi connectivity index (χ3v) is 3.08. The van der Waals surface area contributed by atoms with Crippen molar-refractivity contribution in [3.8, 4) is 5.75 Å². The van der Waals surface area contributed by atoms with E-state index < -0.39 is 5.60 Å². The average Bonchev–Trinajstić information content (AvgIpc) is 2.33. The molecular formula is C16H24N2O3. The maximum atomic E-state index is 11.9. The van der Waals surface area contributed by atoms with E-state index in [9.17, 15) is 4.79 Å². The number of anilines is 1. The number of ether oxygens (including phenoxy) is 2. The van der Waals surface area contributed by atoms with E-state index in [1.54, 1.807) is 4.90 Å². The van der Waals surface area contributed by atoms with Crippen LogP contribution in [0.4, 0.5) is 10.5 Å². The molecule has 1 N–H and O–H groups in total. The highest BCUT2D eigenvalue weighted by Crippen LogP contribution is 2.26. The monoisotopic (exact) mass is 292 g/mol. The SMILES string of the molecule is CCOc1ccccc1NC1CN(C(=O)OC(C)(C)C)C1. The van der Waals surface area contributed by atoms with Crippen molar-refractivity contribution >= 4 is 11.8 Å². The number of hydrogen-bond donors (Lipinski definition) is 1. The van der Waals surface area contributed by atoms with Crippen LogP contribution in [-0.2, 0) is 4.74 Å². The van der Waals surface area contributed by atoms with Crippen LogP contribution in [0.15, 0.2) is 24.3 Å². The first-order valence-corrected chi connectivity index (χ1v) is 7.35. The minimum atomic E-state index is -0.447. The Bertz CT molecular complexity index is 491. The summed E-state index contributed by atoms with van der Waals surface area (Å²) in [7, 11) is 0. The Kier molecular flexibility index (Phi) is 4.60. The molecule has 0 radical (unpaired) electrons. The molecular weight excluding hydrogens is 268 g/mol. The van der Waals surface area contributed by atoms with Gasteiger partial charge in [-0.15, -0.1) is 0 Å². The van der Waals surface area contributed by atoms with Gasteiger partial charge in [0.15, 0.2) is 0 Å². The normalized spacial score (nSPS) is 15.3. The van der Waals surface area contributed by atoms with E-state index in [4.69, 9.17) is 9.47 Å². The summed E-state index contributed by atoms with van der Waals surface area (Å²) in [4.78, 5) is 13.6. The number of benzene rings is 1. The van der Waals surface area contributed by atoms with Gasteiger partial charge in [0, 0.05) is 13.1 Å². The molecule has 0 atom stereocenters. The van der Waals surface area contributed by atoms with Crippen LogP contribution < -0.4 is 10.1 Å². The molecule has 1 saturated heterocycles. The summed E-state index contributed by atoms with van der Waals surface area (Å²) in [6.07, 6.45) is -0.251. The summed E-state index contributed by atoms with van der Waals surface area (Å²) in [6, 6.07) is 8.08. The topological polar surface area (TPSA) is 50.8 Å². The first-order valence-electron chi connectivity index (χ1n) is 7.35. The molecule has 2 rings (SSSR count). The summed E-state index contributed by atoms with van der Waals surface area (Å²) in [5, 5.41) is 3.41. The Morgan fingerprint density at radius 1 is 1.33 bits per heavy atom. The van der Waals surface area contributed by atoms with Crippen molar-refractivity contribution in [2.75, 3.05) is 25.0 Å². The number of nitrogens with one attached hydrogen (secondary N) is 1. The van der Waals surface area contributed by atoms with Crippen molar-refractivity contribution in [3.63, 3.8) is 0 Å².